The van der Waals surface area contributed by atoms with Crippen LogP contribution in [0.4, 0.5) is 4.79 Å². The summed E-state index contributed by atoms with van der Waals surface area (Å²) in [6.45, 7) is 7.99. The van der Waals surface area contributed by atoms with Gasteiger partial charge in [0, 0.05) is 12.1 Å². The summed E-state index contributed by atoms with van der Waals surface area (Å²) in [5, 5.41) is 11.8. The van der Waals surface area contributed by atoms with Crippen molar-refractivity contribution >= 4 is 12.0 Å². The fraction of sp³-hybridized carbons (Fsp3) is 0.857. The molecular formula is C14H26N2O3. The molecule has 0 aromatic rings. The predicted molar refractivity (Wildman–Crippen MR) is 74.0 cm³/mol. The van der Waals surface area contributed by atoms with Gasteiger partial charge in [0.05, 0.1) is 0 Å². The summed E-state index contributed by atoms with van der Waals surface area (Å²) < 4.78 is 0. The number of urea groups is 1. The van der Waals surface area contributed by atoms with Gasteiger partial charge >= 0.3 is 12.0 Å². The van der Waals surface area contributed by atoms with E-state index in [-0.39, 0.29) is 24.0 Å². The number of amides is 2. The second-order valence-electron chi connectivity index (χ2n) is 5.87. The molecule has 5 heteroatoms. The van der Waals surface area contributed by atoms with Crippen molar-refractivity contribution in [3.63, 3.8) is 0 Å². The lowest BCUT2D eigenvalue weighted by Crippen LogP contribution is -2.51. The molecule has 0 aromatic heterocycles. The molecule has 1 fully saturated rings. The highest BCUT2D eigenvalue weighted by Gasteiger charge is 2.34. The second-order valence-corrected chi connectivity index (χ2v) is 5.87. The van der Waals surface area contributed by atoms with E-state index in [4.69, 9.17) is 5.11 Å². The van der Waals surface area contributed by atoms with Gasteiger partial charge < -0.3 is 15.3 Å². The minimum absolute atomic E-state index is 0.193. The smallest absolute Gasteiger partial charge is 0.326 e. The van der Waals surface area contributed by atoms with Gasteiger partial charge in [0.1, 0.15) is 6.04 Å². The van der Waals surface area contributed by atoms with Crippen molar-refractivity contribution in [1.29, 1.82) is 0 Å². The molecule has 5 nitrogen and oxygen atoms in total. The van der Waals surface area contributed by atoms with Gasteiger partial charge in [-0.1, -0.05) is 20.8 Å². The first-order valence-electron chi connectivity index (χ1n) is 7.18. The Morgan fingerprint density at radius 2 is 2.00 bits per heavy atom. The monoisotopic (exact) mass is 270 g/mol. The Morgan fingerprint density at radius 1 is 1.37 bits per heavy atom. The van der Waals surface area contributed by atoms with Gasteiger partial charge in [-0.25, -0.2) is 9.59 Å². The van der Waals surface area contributed by atoms with Crippen LogP contribution in [0.5, 0.6) is 0 Å². The lowest BCUT2D eigenvalue weighted by Gasteiger charge is -2.30. The number of carboxylic acids is 1. The van der Waals surface area contributed by atoms with E-state index in [0.717, 1.165) is 19.3 Å². The van der Waals surface area contributed by atoms with Gasteiger partial charge in [-0.3, -0.25) is 0 Å². The number of aliphatic carboxylic acids is 1. The molecule has 1 rings (SSSR count). The van der Waals surface area contributed by atoms with Crippen LogP contribution < -0.4 is 5.32 Å². The number of nitrogens with zero attached hydrogens (tertiary/aromatic N) is 1. The molecule has 1 aliphatic rings. The average Bonchev–Trinajstić information content (AvgIpc) is 2.68. The average molecular weight is 270 g/mol. The first kappa shape index (κ1) is 15.8. The molecule has 2 amide bonds. The van der Waals surface area contributed by atoms with Gasteiger partial charge in [-0.05, 0) is 38.5 Å². The number of hydrogen-bond acceptors (Lipinski definition) is 2. The van der Waals surface area contributed by atoms with Crippen LogP contribution in [-0.4, -0.2) is 40.1 Å². The maximum atomic E-state index is 12.3. The lowest BCUT2D eigenvalue weighted by atomic mass is 10.0. The lowest BCUT2D eigenvalue weighted by molar-refractivity contribution is -0.139. The zero-order valence-corrected chi connectivity index (χ0v) is 12.3. The molecule has 19 heavy (non-hydrogen) atoms. The van der Waals surface area contributed by atoms with Crippen LogP contribution in [0.1, 0.15) is 53.4 Å². The Labute approximate surface area is 115 Å². The Bertz CT molecular complexity index is 331. The van der Waals surface area contributed by atoms with E-state index in [1.807, 2.05) is 25.7 Å². The van der Waals surface area contributed by atoms with Crippen LogP contribution >= 0.6 is 0 Å². The highest BCUT2D eigenvalue weighted by Crippen LogP contribution is 2.26. The first-order valence-corrected chi connectivity index (χ1v) is 7.18. The van der Waals surface area contributed by atoms with E-state index in [9.17, 15) is 9.59 Å². The van der Waals surface area contributed by atoms with E-state index in [1.165, 1.54) is 0 Å². The minimum Gasteiger partial charge on any atom is -0.480 e. The Balaban J connectivity index is 2.68. The number of hydrogen-bond donors (Lipinski definition) is 2. The summed E-state index contributed by atoms with van der Waals surface area (Å²) >= 11 is 0. The van der Waals surface area contributed by atoms with Crippen molar-refractivity contribution < 1.29 is 14.7 Å². The fourth-order valence-electron chi connectivity index (χ4n) is 2.75. The van der Waals surface area contributed by atoms with Crippen LogP contribution in [0, 0.1) is 5.92 Å². The standard InChI is InChI=1S/C14H26N2O3/c1-5-11-7-6-10(4)16(11)14(19)15-12(13(17)18)8-9(2)3/h9-12H,5-8H2,1-4H3,(H,15,19)(H,17,18). The molecule has 2 N–H and O–H groups in total. The SMILES string of the molecule is CCC1CCC(C)N1C(=O)NC(CC(C)C)C(=O)O. The normalized spacial score (nSPS) is 24.6. The highest BCUT2D eigenvalue weighted by molar-refractivity contribution is 5.83. The Morgan fingerprint density at radius 3 is 2.47 bits per heavy atom. The van der Waals surface area contributed by atoms with Crippen LogP contribution in [0.3, 0.4) is 0 Å². The number of likely N-dealkylation sites (tertiary alicyclic amines) is 1. The summed E-state index contributed by atoms with van der Waals surface area (Å²) in [6, 6.07) is -0.593. The Hall–Kier alpha value is -1.26. The van der Waals surface area contributed by atoms with E-state index in [0.29, 0.717) is 6.42 Å². The number of carbonyl (C=O) groups is 2. The zero-order chi connectivity index (χ0) is 14.6. The second kappa shape index (κ2) is 6.78. The maximum Gasteiger partial charge on any atom is 0.326 e. The molecule has 1 aliphatic heterocycles. The van der Waals surface area contributed by atoms with Crippen molar-refractivity contribution in [2.75, 3.05) is 0 Å². The van der Waals surface area contributed by atoms with E-state index in [2.05, 4.69) is 12.2 Å². The van der Waals surface area contributed by atoms with Crippen LogP contribution in [0.2, 0.25) is 0 Å². The molecule has 0 radical (unpaired) electrons. The van der Waals surface area contributed by atoms with E-state index >= 15 is 0 Å². The summed E-state index contributed by atoms with van der Waals surface area (Å²) in [4.78, 5) is 25.3. The quantitative estimate of drug-likeness (QED) is 0.806. The predicted octanol–water partition coefficient (Wildman–Crippen LogP) is 2.46. The molecule has 3 atom stereocenters. The van der Waals surface area contributed by atoms with Crippen molar-refractivity contribution in [3.8, 4) is 0 Å². The maximum absolute atomic E-state index is 12.3. The number of carbonyl (C=O) groups excluding carboxylic acids is 1. The van der Waals surface area contributed by atoms with Gasteiger partial charge in [0.2, 0.25) is 0 Å². The van der Waals surface area contributed by atoms with Crippen LogP contribution in [0.15, 0.2) is 0 Å². The van der Waals surface area contributed by atoms with Crippen molar-refractivity contribution in [3.05, 3.63) is 0 Å². The van der Waals surface area contributed by atoms with Crippen molar-refractivity contribution in [2.45, 2.75) is 71.5 Å². The molecule has 3 unspecified atom stereocenters. The van der Waals surface area contributed by atoms with Gasteiger partial charge in [-0.2, -0.15) is 0 Å². The minimum atomic E-state index is -0.957. The molecule has 0 bridgehead atoms. The molecule has 110 valence electrons. The molecule has 0 spiro atoms. The largest absolute Gasteiger partial charge is 0.480 e. The fourth-order valence-corrected chi connectivity index (χ4v) is 2.75. The molecule has 1 heterocycles. The molecule has 0 saturated carbocycles. The molecule has 0 aromatic carbocycles. The Kier molecular flexibility index (Phi) is 5.63. The summed E-state index contributed by atoms with van der Waals surface area (Å²) in [5.41, 5.74) is 0. The highest BCUT2D eigenvalue weighted by atomic mass is 16.4. The van der Waals surface area contributed by atoms with Gasteiger partial charge in [0.15, 0.2) is 0 Å². The summed E-state index contributed by atoms with van der Waals surface area (Å²) in [7, 11) is 0. The molecule has 0 aliphatic carbocycles. The topological polar surface area (TPSA) is 69.6 Å². The molecular weight excluding hydrogens is 244 g/mol. The van der Waals surface area contributed by atoms with Crippen molar-refractivity contribution in [1.82, 2.24) is 10.2 Å². The number of nitrogens with one attached hydrogen (secondary N) is 1. The van der Waals surface area contributed by atoms with E-state index < -0.39 is 12.0 Å². The van der Waals surface area contributed by atoms with Gasteiger partial charge in [0.25, 0.3) is 0 Å². The molecule has 1 saturated heterocycles. The van der Waals surface area contributed by atoms with Crippen LogP contribution in [-0.2, 0) is 4.79 Å². The van der Waals surface area contributed by atoms with E-state index in [1.54, 1.807) is 0 Å². The third kappa shape index (κ3) is 4.11. The van der Waals surface area contributed by atoms with Crippen molar-refractivity contribution in [2.24, 2.45) is 5.92 Å². The third-order valence-electron chi connectivity index (χ3n) is 3.79. The third-order valence-corrected chi connectivity index (χ3v) is 3.79. The van der Waals surface area contributed by atoms with Gasteiger partial charge in [-0.15, -0.1) is 0 Å². The van der Waals surface area contributed by atoms with Crippen LogP contribution in [0.25, 0.3) is 0 Å². The number of carboxylic acid groups (broad SMARTS) is 1. The first-order chi connectivity index (χ1) is 8.86. The zero-order valence-electron chi connectivity index (χ0n) is 12.3. The summed E-state index contributed by atoms with van der Waals surface area (Å²) in [6.07, 6.45) is 3.38. The number of rotatable bonds is 5. The summed E-state index contributed by atoms with van der Waals surface area (Å²) in [5.74, 6) is -0.721.